The van der Waals surface area contributed by atoms with Crippen LogP contribution in [0.15, 0.2) is 30.8 Å². The number of benzene rings is 1. The van der Waals surface area contributed by atoms with Crippen LogP contribution in [0.25, 0.3) is 5.57 Å². The molecular weight excluding hydrogens is 196 g/mol. The summed E-state index contributed by atoms with van der Waals surface area (Å²) in [6.07, 6.45) is 2.12. The quantitative estimate of drug-likeness (QED) is 0.753. The number of rotatable bonds is 5. The SMILES string of the molecule is C=C(CCCN(C)C)c1ccc(C#N)cc1. The minimum absolute atomic E-state index is 0.699. The monoisotopic (exact) mass is 214 g/mol. The van der Waals surface area contributed by atoms with Gasteiger partial charge in [0.1, 0.15) is 0 Å². The fourth-order valence-corrected chi connectivity index (χ4v) is 1.53. The lowest BCUT2D eigenvalue weighted by Crippen LogP contribution is -2.12. The minimum Gasteiger partial charge on any atom is -0.309 e. The van der Waals surface area contributed by atoms with Crippen molar-refractivity contribution in [3.05, 3.63) is 42.0 Å². The maximum atomic E-state index is 8.69. The summed E-state index contributed by atoms with van der Waals surface area (Å²) in [5.74, 6) is 0. The van der Waals surface area contributed by atoms with Gasteiger partial charge in [0.2, 0.25) is 0 Å². The minimum atomic E-state index is 0.699. The lowest BCUT2D eigenvalue weighted by molar-refractivity contribution is 0.403. The zero-order chi connectivity index (χ0) is 12.0. The number of nitriles is 1. The van der Waals surface area contributed by atoms with Crippen molar-refractivity contribution in [1.29, 1.82) is 5.26 Å². The molecule has 0 atom stereocenters. The molecule has 1 aromatic carbocycles. The number of allylic oxidation sites excluding steroid dienone is 1. The lowest BCUT2D eigenvalue weighted by atomic mass is 10.0. The van der Waals surface area contributed by atoms with E-state index in [1.54, 1.807) is 0 Å². The topological polar surface area (TPSA) is 27.0 Å². The van der Waals surface area contributed by atoms with Crippen molar-refractivity contribution >= 4 is 5.57 Å². The van der Waals surface area contributed by atoms with Crippen LogP contribution in [0.5, 0.6) is 0 Å². The van der Waals surface area contributed by atoms with E-state index in [1.807, 2.05) is 24.3 Å². The summed E-state index contributed by atoms with van der Waals surface area (Å²) in [5.41, 5.74) is 2.98. The second-order valence-corrected chi connectivity index (χ2v) is 4.20. The molecule has 0 aliphatic carbocycles. The van der Waals surface area contributed by atoms with Crippen molar-refractivity contribution in [3.63, 3.8) is 0 Å². The Hall–Kier alpha value is -1.59. The Kier molecular flexibility index (Phi) is 4.75. The van der Waals surface area contributed by atoms with Gasteiger partial charge < -0.3 is 4.90 Å². The Bertz CT molecular complexity index is 382. The van der Waals surface area contributed by atoms with Crippen LogP contribution in [0.3, 0.4) is 0 Å². The lowest BCUT2D eigenvalue weighted by Gasteiger charge is -2.10. The summed E-state index contributed by atoms with van der Waals surface area (Å²) >= 11 is 0. The predicted octanol–water partition coefficient (Wildman–Crippen LogP) is 2.91. The van der Waals surface area contributed by atoms with E-state index in [0.717, 1.165) is 30.5 Å². The standard InChI is InChI=1S/C14H18N2/c1-12(5-4-10-16(2)3)14-8-6-13(11-15)7-9-14/h6-9H,1,4-5,10H2,2-3H3. The molecule has 0 heterocycles. The van der Waals surface area contributed by atoms with Gasteiger partial charge in [0, 0.05) is 0 Å². The zero-order valence-electron chi connectivity index (χ0n) is 10.0. The average molecular weight is 214 g/mol. The molecule has 0 amide bonds. The molecule has 0 spiro atoms. The highest BCUT2D eigenvalue weighted by atomic mass is 15.0. The van der Waals surface area contributed by atoms with Crippen LogP contribution in [-0.4, -0.2) is 25.5 Å². The van der Waals surface area contributed by atoms with Crippen molar-refractivity contribution < 1.29 is 0 Å². The van der Waals surface area contributed by atoms with E-state index in [-0.39, 0.29) is 0 Å². The van der Waals surface area contributed by atoms with E-state index in [0.29, 0.717) is 5.56 Å². The molecule has 0 unspecified atom stereocenters. The van der Waals surface area contributed by atoms with Crippen molar-refractivity contribution in [3.8, 4) is 6.07 Å². The second kappa shape index (κ2) is 6.09. The van der Waals surface area contributed by atoms with Crippen LogP contribution in [0.2, 0.25) is 0 Å². The first-order chi connectivity index (χ1) is 7.63. The molecule has 1 aromatic rings. The fourth-order valence-electron chi connectivity index (χ4n) is 1.53. The Morgan fingerprint density at radius 3 is 2.44 bits per heavy atom. The largest absolute Gasteiger partial charge is 0.309 e. The molecular formula is C14H18N2. The maximum Gasteiger partial charge on any atom is 0.0991 e. The first-order valence-electron chi connectivity index (χ1n) is 5.46. The van der Waals surface area contributed by atoms with Gasteiger partial charge in [0.25, 0.3) is 0 Å². The molecule has 0 aliphatic heterocycles. The molecule has 16 heavy (non-hydrogen) atoms. The van der Waals surface area contributed by atoms with E-state index in [2.05, 4.69) is 31.6 Å². The van der Waals surface area contributed by atoms with Crippen LogP contribution in [0, 0.1) is 11.3 Å². The molecule has 2 nitrogen and oxygen atoms in total. The summed E-state index contributed by atoms with van der Waals surface area (Å²) < 4.78 is 0. The Labute approximate surface area is 97.8 Å². The van der Waals surface area contributed by atoms with Gasteiger partial charge in [-0.2, -0.15) is 5.26 Å². The maximum absolute atomic E-state index is 8.69. The van der Waals surface area contributed by atoms with Crippen LogP contribution in [0.1, 0.15) is 24.0 Å². The number of hydrogen-bond donors (Lipinski definition) is 0. The van der Waals surface area contributed by atoms with Crippen molar-refractivity contribution in [2.24, 2.45) is 0 Å². The third kappa shape index (κ3) is 3.88. The molecule has 2 heteroatoms. The molecule has 0 aliphatic rings. The van der Waals surface area contributed by atoms with E-state index < -0.39 is 0 Å². The van der Waals surface area contributed by atoms with Gasteiger partial charge in [0.05, 0.1) is 11.6 Å². The third-order valence-electron chi connectivity index (χ3n) is 2.51. The predicted molar refractivity (Wildman–Crippen MR) is 68.0 cm³/mol. The van der Waals surface area contributed by atoms with Gasteiger partial charge in [-0.1, -0.05) is 18.7 Å². The molecule has 0 fully saturated rings. The summed E-state index contributed by atoms with van der Waals surface area (Å²) in [7, 11) is 4.15. The number of nitrogens with zero attached hydrogens (tertiary/aromatic N) is 2. The Morgan fingerprint density at radius 1 is 1.31 bits per heavy atom. The highest BCUT2D eigenvalue weighted by molar-refractivity contribution is 5.63. The second-order valence-electron chi connectivity index (χ2n) is 4.20. The van der Waals surface area contributed by atoms with E-state index in [1.165, 1.54) is 0 Å². The molecule has 0 bridgehead atoms. The number of hydrogen-bond acceptors (Lipinski definition) is 2. The Balaban J connectivity index is 2.50. The van der Waals surface area contributed by atoms with Gasteiger partial charge in [-0.3, -0.25) is 0 Å². The smallest absolute Gasteiger partial charge is 0.0991 e. The summed E-state index contributed by atoms with van der Waals surface area (Å²) in [4.78, 5) is 2.17. The van der Waals surface area contributed by atoms with E-state index >= 15 is 0 Å². The Morgan fingerprint density at radius 2 is 1.94 bits per heavy atom. The highest BCUT2D eigenvalue weighted by Crippen LogP contribution is 2.18. The summed E-state index contributed by atoms with van der Waals surface area (Å²) in [6.45, 7) is 5.15. The van der Waals surface area contributed by atoms with Crippen molar-refractivity contribution in [2.75, 3.05) is 20.6 Å². The first-order valence-corrected chi connectivity index (χ1v) is 5.46. The molecule has 0 N–H and O–H groups in total. The van der Waals surface area contributed by atoms with Gasteiger partial charge in [0.15, 0.2) is 0 Å². The highest BCUT2D eigenvalue weighted by Gasteiger charge is 2.00. The normalized spacial score (nSPS) is 10.1. The van der Waals surface area contributed by atoms with Crippen LogP contribution in [-0.2, 0) is 0 Å². The molecule has 0 saturated carbocycles. The van der Waals surface area contributed by atoms with Gasteiger partial charge in [-0.25, -0.2) is 0 Å². The first kappa shape index (κ1) is 12.5. The van der Waals surface area contributed by atoms with Crippen LogP contribution < -0.4 is 0 Å². The summed E-state index contributed by atoms with van der Waals surface area (Å²) in [6, 6.07) is 9.73. The van der Waals surface area contributed by atoms with Crippen LogP contribution in [0.4, 0.5) is 0 Å². The molecule has 84 valence electrons. The third-order valence-corrected chi connectivity index (χ3v) is 2.51. The fraction of sp³-hybridized carbons (Fsp3) is 0.357. The summed E-state index contributed by atoms with van der Waals surface area (Å²) in [5, 5.41) is 8.69. The average Bonchev–Trinajstić information content (AvgIpc) is 2.28. The molecule has 0 saturated heterocycles. The van der Waals surface area contributed by atoms with E-state index in [4.69, 9.17) is 5.26 Å². The zero-order valence-corrected chi connectivity index (χ0v) is 10.0. The van der Waals surface area contributed by atoms with Gasteiger partial charge >= 0.3 is 0 Å². The molecule has 0 radical (unpaired) electrons. The van der Waals surface area contributed by atoms with Crippen molar-refractivity contribution in [2.45, 2.75) is 12.8 Å². The van der Waals surface area contributed by atoms with Crippen molar-refractivity contribution in [1.82, 2.24) is 4.90 Å². The molecule has 0 aromatic heterocycles. The van der Waals surface area contributed by atoms with Gasteiger partial charge in [-0.05, 0) is 56.8 Å². The van der Waals surface area contributed by atoms with Gasteiger partial charge in [-0.15, -0.1) is 0 Å². The molecule has 1 rings (SSSR count). The van der Waals surface area contributed by atoms with Crippen LogP contribution >= 0.6 is 0 Å². The van der Waals surface area contributed by atoms with E-state index in [9.17, 15) is 0 Å².